The van der Waals surface area contributed by atoms with E-state index in [4.69, 9.17) is 14.0 Å². The average Bonchev–Trinajstić information content (AvgIpc) is 2.21. The second-order valence-electron chi connectivity index (χ2n) is 3.21. The van der Waals surface area contributed by atoms with Gasteiger partial charge >= 0.3 is 11.9 Å². The summed E-state index contributed by atoms with van der Waals surface area (Å²) in [4.78, 5) is 21.5. The normalized spacial score (nSPS) is 11.3. The topological polar surface area (TPSA) is 72.8 Å². The Kier molecular flexibility index (Phi) is 8.77. The van der Waals surface area contributed by atoms with Crippen molar-refractivity contribution in [3.8, 4) is 0 Å². The van der Waals surface area contributed by atoms with Crippen LogP contribution in [0.1, 0.15) is 12.8 Å². The third-order valence-electron chi connectivity index (χ3n) is 1.77. The molecule has 0 aromatic carbocycles. The zero-order chi connectivity index (χ0) is 12.4. The largest absolute Gasteiger partial charge is 0.481 e. The molecule has 0 spiro atoms. The minimum absolute atomic E-state index is 0.0121. The van der Waals surface area contributed by atoms with E-state index in [0.717, 1.165) is 12.5 Å². The third-order valence-corrected chi connectivity index (χ3v) is 5.35. The first-order valence-electron chi connectivity index (χ1n) is 5.22. The van der Waals surface area contributed by atoms with Crippen molar-refractivity contribution in [2.45, 2.75) is 25.4 Å². The number of rotatable bonds is 9. The quantitative estimate of drug-likeness (QED) is 0.265. The number of aliphatic carboxylic acids is 1. The molecule has 5 nitrogen and oxygen atoms in total. The van der Waals surface area contributed by atoms with E-state index in [9.17, 15) is 9.59 Å². The van der Waals surface area contributed by atoms with Crippen molar-refractivity contribution in [3.63, 3.8) is 0 Å². The average molecular weight is 262 g/mol. The Labute approximate surface area is 99.7 Å². The fourth-order valence-corrected chi connectivity index (χ4v) is 3.35. The molecule has 0 unspecified atom stereocenters. The van der Waals surface area contributed by atoms with Gasteiger partial charge in [0.1, 0.15) is 19.5 Å². The fraction of sp³-hybridized carbons (Fsp3) is 0.556. The fourth-order valence-electron chi connectivity index (χ4n) is 0.972. The van der Waals surface area contributed by atoms with E-state index in [0.29, 0.717) is 6.61 Å². The Hall–Kier alpha value is -0.926. The second-order valence-corrected chi connectivity index (χ2v) is 6.54. The molecule has 0 aliphatic carbocycles. The van der Waals surface area contributed by atoms with Crippen molar-refractivity contribution >= 4 is 31.5 Å². The van der Waals surface area contributed by atoms with Crippen LogP contribution in [0.2, 0.25) is 12.6 Å². The zero-order valence-corrected chi connectivity index (χ0v) is 12.4. The molecule has 16 heavy (non-hydrogen) atoms. The lowest BCUT2D eigenvalue weighted by molar-refractivity contribution is -0.142. The number of esters is 1. The molecule has 0 bridgehead atoms. The first kappa shape index (κ1) is 15.1. The summed E-state index contributed by atoms with van der Waals surface area (Å²) < 4.78 is 10.2. The van der Waals surface area contributed by atoms with Gasteiger partial charge in [0.05, 0.1) is 13.0 Å². The van der Waals surface area contributed by atoms with Gasteiger partial charge < -0.3 is 14.0 Å². The van der Waals surface area contributed by atoms with Crippen molar-refractivity contribution in [3.05, 3.63) is 12.2 Å². The summed E-state index contributed by atoms with van der Waals surface area (Å²) in [6.45, 7) is 5.76. The van der Waals surface area contributed by atoms with Crippen molar-refractivity contribution < 1.29 is 23.5 Å². The molecule has 0 aromatic heterocycles. The van der Waals surface area contributed by atoms with E-state index < -0.39 is 21.7 Å². The number of hydrogen-bond donors (Lipinski definition) is 1. The Morgan fingerprint density at radius 3 is 2.69 bits per heavy atom. The minimum atomic E-state index is -1.07. The van der Waals surface area contributed by atoms with E-state index in [2.05, 4.69) is 13.1 Å². The van der Waals surface area contributed by atoms with Gasteiger partial charge in [-0.15, -0.1) is 0 Å². The summed E-state index contributed by atoms with van der Waals surface area (Å²) in [6.07, 6.45) is 0.421. The predicted octanol–water partition coefficient (Wildman–Crippen LogP) is -0.399. The first-order valence-corrected chi connectivity index (χ1v) is 8.79. The van der Waals surface area contributed by atoms with Crippen LogP contribution in [0.4, 0.5) is 0 Å². The highest BCUT2D eigenvalue weighted by molar-refractivity contribution is 6.41. The predicted molar refractivity (Wildman–Crippen MR) is 65.8 cm³/mol. The van der Waals surface area contributed by atoms with Crippen LogP contribution in [0.5, 0.6) is 0 Å². The van der Waals surface area contributed by atoms with Crippen LogP contribution < -0.4 is 0 Å². The summed E-state index contributed by atoms with van der Waals surface area (Å²) >= 11 is 0. The summed E-state index contributed by atoms with van der Waals surface area (Å²) in [7, 11) is -0.704. The third kappa shape index (κ3) is 8.39. The molecular formula is C9H18O5Si2. The number of carboxylic acid groups (broad SMARTS) is 1. The van der Waals surface area contributed by atoms with Gasteiger partial charge in [-0.2, -0.15) is 0 Å². The maximum atomic E-state index is 11.2. The zero-order valence-electron chi connectivity index (χ0n) is 9.53. The van der Waals surface area contributed by atoms with E-state index in [1.807, 2.05) is 0 Å². The molecular weight excluding hydrogens is 244 g/mol. The lowest BCUT2D eigenvalue weighted by Gasteiger charge is -2.05. The van der Waals surface area contributed by atoms with Gasteiger partial charge in [-0.05, 0) is 12.5 Å². The Morgan fingerprint density at radius 1 is 1.44 bits per heavy atom. The van der Waals surface area contributed by atoms with Gasteiger partial charge in [-0.3, -0.25) is 4.79 Å². The summed E-state index contributed by atoms with van der Waals surface area (Å²) in [6, 6.07) is 0.986. The minimum Gasteiger partial charge on any atom is -0.481 e. The molecule has 0 radical (unpaired) electrons. The molecule has 0 heterocycles. The first-order chi connectivity index (χ1) is 7.57. The van der Waals surface area contributed by atoms with E-state index in [-0.39, 0.29) is 21.8 Å². The van der Waals surface area contributed by atoms with Gasteiger partial charge in [0.25, 0.3) is 0 Å². The van der Waals surface area contributed by atoms with Crippen LogP contribution in [0, 0.1) is 0 Å². The molecule has 92 valence electrons. The molecule has 0 aliphatic rings. The molecule has 0 saturated carbocycles. The number of carbonyl (C=O) groups is 2. The maximum absolute atomic E-state index is 11.2. The number of carbonyl (C=O) groups excluding carboxylic acids is 1. The molecule has 1 N–H and O–H groups in total. The van der Waals surface area contributed by atoms with Crippen LogP contribution in [0.15, 0.2) is 12.2 Å². The van der Waals surface area contributed by atoms with Crippen LogP contribution in [0.25, 0.3) is 0 Å². The van der Waals surface area contributed by atoms with Crippen LogP contribution in [-0.4, -0.2) is 43.2 Å². The maximum Gasteiger partial charge on any atom is 0.333 e. The van der Waals surface area contributed by atoms with Crippen molar-refractivity contribution in [1.82, 2.24) is 0 Å². The molecule has 7 heteroatoms. The smallest absolute Gasteiger partial charge is 0.333 e. The van der Waals surface area contributed by atoms with E-state index in [1.165, 1.54) is 0 Å². The van der Waals surface area contributed by atoms with Crippen LogP contribution in [-0.2, 0) is 18.4 Å². The second kappa shape index (κ2) is 9.31. The SMILES string of the molecule is C=C(CC(=O)O)C(=O)OCCC[SiH2]O[SiH2]C. The molecule has 0 aromatic rings. The summed E-state index contributed by atoms with van der Waals surface area (Å²) in [5, 5.41) is 8.43. The monoisotopic (exact) mass is 262 g/mol. The van der Waals surface area contributed by atoms with Gasteiger partial charge in [0.15, 0.2) is 0 Å². The van der Waals surface area contributed by atoms with Crippen LogP contribution in [0.3, 0.4) is 0 Å². The van der Waals surface area contributed by atoms with Crippen molar-refractivity contribution in [2.24, 2.45) is 0 Å². The lowest BCUT2D eigenvalue weighted by atomic mass is 10.2. The van der Waals surface area contributed by atoms with Gasteiger partial charge in [0.2, 0.25) is 0 Å². The Balaban J connectivity index is 3.50. The van der Waals surface area contributed by atoms with E-state index in [1.54, 1.807) is 0 Å². The van der Waals surface area contributed by atoms with Gasteiger partial charge in [-0.1, -0.05) is 13.1 Å². The number of ether oxygens (including phenoxy) is 1. The summed E-state index contributed by atoms with van der Waals surface area (Å²) in [5.41, 5.74) is -0.0121. The number of carboxylic acids is 1. The van der Waals surface area contributed by atoms with Crippen molar-refractivity contribution in [2.75, 3.05) is 6.61 Å². The standard InChI is InChI=1S/C9H18O5Si2/c1-7(6-8(10)11)9(12)13-4-3-5-16-14-15-2/h1,3-6,15-16H2,2H3,(H,10,11). The van der Waals surface area contributed by atoms with Gasteiger partial charge in [0, 0.05) is 5.57 Å². The Bertz CT molecular complexity index is 254. The number of hydrogen-bond acceptors (Lipinski definition) is 4. The van der Waals surface area contributed by atoms with Crippen molar-refractivity contribution in [1.29, 1.82) is 0 Å². The van der Waals surface area contributed by atoms with Gasteiger partial charge in [-0.25, -0.2) is 4.79 Å². The highest BCUT2D eigenvalue weighted by Gasteiger charge is 2.11. The lowest BCUT2D eigenvalue weighted by Crippen LogP contribution is -2.12. The molecule has 0 atom stereocenters. The highest BCUT2D eigenvalue weighted by atomic mass is 28.3. The molecule has 0 rings (SSSR count). The molecule has 0 fully saturated rings. The summed E-state index contributed by atoms with van der Waals surface area (Å²) in [5.74, 6) is -1.69. The highest BCUT2D eigenvalue weighted by Crippen LogP contribution is 2.02. The molecule has 0 amide bonds. The Morgan fingerprint density at radius 2 is 2.12 bits per heavy atom. The van der Waals surface area contributed by atoms with Crippen LogP contribution >= 0.6 is 0 Å². The molecule has 0 aliphatic heterocycles. The molecule has 0 saturated heterocycles. The van der Waals surface area contributed by atoms with E-state index >= 15 is 0 Å².